The fourth-order valence-electron chi connectivity index (χ4n) is 7.81. The molecule has 0 spiro atoms. The van der Waals surface area contributed by atoms with E-state index in [4.69, 9.17) is 0 Å². The zero-order valence-electron chi connectivity index (χ0n) is 29.8. The van der Waals surface area contributed by atoms with E-state index in [0.29, 0.717) is 0 Å². The van der Waals surface area contributed by atoms with Crippen LogP contribution in [0.1, 0.15) is 0 Å². The number of hydrogen-bond acceptors (Lipinski definition) is 0. The first-order valence-corrected chi connectivity index (χ1v) is 18.6. The van der Waals surface area contributed by atoms with Crippen molar-refractivity contribution in [3.63, 3.8) is 0 Å². The van der Waals surface area contributed by atoms with Crippen LogP contribution in [0.4, 0.5) is 0 Å². The zero-order chi connectivity index (χ0) is 35.8. The summed E-state index contributed by atoms with van der Waals surface area (Å²) in [7, 11) is 0. The van der Waals surface area contributed by atoms with Crippen molar-refractivity contribution in [1.29, 1.82) is 0 Å². The SMILES string of the molecule is c1ccc(-c2cc3ccc2-c2ccc(cc2)-c2ccc(cc2)-c2ccc(cc2)-c2ccc(cc2)-c2ccc(cc2)-c2ccc(cc2)-c2ccc-3cc2)cc1. The van der Waals surface area contributed by atoms with Gasteiger partial charge in [0, 0.05) is 0 Å². The molecule has 0 radical (unpaired) electrons. The van der Waals surface area contributed by atoms with E-state index in [1.54, 1.807) is 0 Å². The van der Waals surface area contributed by atoms with Crippen LogP contribution in [0.15, 0.2) is 218 Å². The van der Waals surface area contributed by atoms with Gasteiger partial charge in [-0.1, -0.05) is 212 Å². The molecule has 0 aromatic heterocycles. The molecule has 22 aliphatic carbocycles. The van der Waals surface area contributed by atoms with Crippen molar-refractivity contribution in [1.82, 2.24) is 0 Å². The third-order valence-electron chi connectivity index (χ3n) is 10.9. The predicted octanol–water partition coefficient (Wildman–Crippen LogP) is 15.0. The van der Waals surface area contributed by atoms with Crippen LogP contribution in [0.25, 0.3) is 100 Å². The molecule has 16 bridgehead atoms. The molecule has 31 rings (SSSR count). The smallest absolute Gasteiger partial charge is 0.00992 e. The second-order valence-electron chi connectivity index (χ2n) is 14.2. The van der Waals surface area contributed by atoms with Crippen molar-refractivity contribution in [2.75, 3.05) is 0 Å². The van der Waals surface area contributed by atoms with E-state index in [-0.39, 0.29) is 0 Å². The van der Waals surface area contributed by atoms with Crippen LogP contribution in [-0.4, -0.2) is 0 Å². The molecule has 9 aromatic carbocycles. The van der Waals surface area contributed by atoms with Crippen molar-refractivity contribution >= 4 is 0 Å². The highest BCUT2D eigenvalue weighted by atomic mass is 14.2. The lowest BCUT2D eigenvalue weighted by atomic mass is 9.90. The fourth-order valence-corrected chi connectivity index (χ4v) is 7.81. The van der Waals surface area contributed by atoms with Crippen LogP contribution in [0.2, 0.25) is 0 Å². The largest absolute Gasteiger partial charge is 0.0622 e. The first-order chi connectivity index (χ1) is 26.7. The second-order valence-corrected chi connectivity index (χ2v) is 14.2. The Labute approximate surface area is 317 Å². The van der Waals surface area contributed by atoms with Crippen molar-refractivity contribution in [2.24, 2.45) is 0 Å². The molecular formula is C54H36. The van der Waals surface area contributed by atoms with Gasteiger partial charge in [-0.3, -0.25) is 0 Å². The van der Waals surface area contributed by atoms with E-state index in [2.05, 4.69) is 218 Å². The molecule has 0 unspecified atom stereocenters. The summed E-state index contributed by atoms with van der Waals surface area (Å²) in [5, 5.41) is 0. The zero-order valence-corrected chi connectivity index (χ0v) is 29.8. The molecule has 0 atom stereocenters. The number of benzene rings is 9. The molecule has 0 heteroatoms. The Morgan fingerprint density at radius 2 is 0.333 bits per heavy atom. The van der Waals surface area contributed by atoms with Gasteiger partial charge < -0.3 is 0 Å². The van der Waals surface area contributed by atoms with Crippen LogP contribution in [0.5, 0.6) is 0 Å². The third-order valence-corrected chi connectivity index (χ3v) is 10.9. The maximum atomic E-state index is 2.34. The highest BCUT2D eigenvalue weighted by molar-refractivity contribution is 5.88. The molecule has 54 heavy (non-hydrogen) atoms. The van der Waals surface area contributed by atoms with Crippen LogP contribution < -0.4 is 0 Å². The molecule has 0 N–H and O–H groups in total. The number of rotatable bonds is 1. The van der Waals surface area contributed by atoms with Gasteiger partial charge >= 0.3 is 0 Å². The molecule has 0 nitrogen and oxygen atoms in total. The first-order valence-electron chi connectivity index (χ1n) is 18.6. The third kappa shape index (κ3) is 6.04. The monoisotopic (exact) mass is 684 g/mol. The summed E-state index contributed by atoms with van der Waals surface area (Å²) in [4.78, 5) is 0. The van der Waals surface area contributed by atoms with Crippen molar-refractivity contribution in [3.05, 3.63) is 218 Å². The molecule has 0 saturated carbocycles. The topological polar surface area (TPSA) is 0 Å². The van der Waals surface area contributed by atoms with Gasteiger partial charge in [-0.25, -0.2) is 0 Å². The molecule has 0 aliphatic heterocycles. The van der Waals surface area contributed by atoms with Gasteiger partial charge in [0.1, 0.15) is 0 Å². The van der Waals surface area contributed by atoms with Gasteiger partial charge in [0.05, 0.1) is 0 Å². The van der Waals surface area contributed by atoms with Crippen LogP contribution in [0.3, 0.4) is 0 Å². The van der Waals surface area contributed by atoms with Gasteiger partial charge in [-0.15, -0.1) is 0 Å². The minimum atomic E-state index is 1.20. The number of hydrogen-bond donors (Lipinski definition) is 0. The summed E-state index contributed by atoms with van der Waals surface area (Å²) in [6.45, 7) is 0. The summed E-state index contributed by atoms with van der Waals surface area (Å²) in [6.07, 6.45) is 0. The summed E-state index contributed by atoms with van der Waals surface area (Å²) in [5.74, 6) is 0. The molecule has 252 valence electrons. The van der Waals surface area contributed by atoms with Gasteiger partial charge in [-0.2, -0.15) is 0 Å². The van der Waals surface area contributed by atoms with Gasteiger partial charge in [0.15, 0.2) is 0 Å². The van der Waals surface area contributed by atoms with Crippen molar-refractivity contribution in [2.45, 2.75) is 0 Å². The molecule has 0 amide bonds. The Balaban J connectivity index is 1.06. The lowest BCUT2D eigenvalue weighted by Crippen LogP contribution is -1.89. The second kappa shape index (κ2) is 13.5. The minimum absolute atomic E-state index is 1.20. The van der Waals surface area contributed by atoms with E-state index >= 15 is 0 Å². The van der Waals surface area contributed by atoms with E-state index in [9.17, 15) is 0 Å². The average Bonchev–Trinajstić information content (AvgIpc) is 3.27. The Morgan fingerprint density at radius 3 is 0.611 bits per heavy atom. The highest BCUT2D eigenvalue weighted by Gasteiger charge is 2.12. The normalized spacial score (nSPS) is 11.3. The van der Waals surface area contributed by atoms with Gasteiger partial charge in [-0.05, 0) is 106 Å². The Bertz CT molecular complexity index is 2700. The first kappa shape index (κ1) is 31.7. The van der Waals surface area contributed by atoms with Crippen LogP contribution >= 0.6 is 0 Å². The molecule has 22 aliphatic rings. The lowest BCUT2D eigenvalue weighted by Gasteiger charge is -2.14. The molecular weight excluding hydrogens is 649 g/mol. The summed E-state index contributed by atoms with van der Waals surface area (Å²) < 4.78 is 0. The van der Waals surface area contributed by atoms with E-state index in [1.165, 1.54) is 100 Å². The van der Waals surface area contributed by atoms with Crippen molar-refractivity contribution in [3.8, 4) is 100 Å². The molecule has 0 heterocycles. The standard InChI is InChI=1S/C54H36/c1-2-4-50(5-3-1)54-36-52-34-35-53(54)51-32-30-48(31-33-51)46-24-22-44(23-25-46)42-16-14-40(15-17-42)38-8-6-37(7-9-38)39-10-12-41(13-11-39)43-18-20-45(21-19-43)47-26-28-49(52)29-27-47/h1-36H. The van der Waals surface area contributed by atoms with E-state index < -0.39 is 0 Å². The van der Waals surface area contributed by atoms with E-state index in [1.807, 2.05) is 0 Å². The molecule has 0 fully saturated rings. The quantitative estimate of drug-likeness (QED) is 0.161. The Kier molecular flexibility index (Phi) is 7.93. The van der Waals surface area contributed by atoms with Crippen LogP contribution in [-0.2, 0) is 0 Å². The Morgan fingerprint density at radius 1 is 0.130 bits per heavy atom. The predicted molar refractivity (Wildman–Crippen MR) is 229 cm³/mol. The Hall–Kier alpha value is -7.02. The maximum absolute atomic E-state index is 2.34. The minimum Gasteiger partial charge on any atom is -0.0622 e. The van der Waals surface area contributed by atoms with E-state index in [0.717, 1.165) is 0 Å². The summed E-state index contributed by atoms with van der Waals surface area (Å²) >= 11 is 0. The summed E-state index contributed by atoms with van der Waals surface area (Å²) in [5.41, 5.74) is 21.8. The highest BCUT2D eigenvalue weighted by Crippen LogP contribution is 2.38. The average molecular weight is 685 g/mol. The van der Waals surface area contributed by atoms with Crippen LogP contribution in [0, 0.1) is 0 Å². The van der Waals surface area contributed by atoms with Crippen molar-refractivity contribution < 1.29 is 0 Å². The fraction of sp³-hybridized carbons (Fsp3) is 0. The van der Waals surface area contributed by atoms with Gasteiger partial charge in [0.2, 0.25) is 0 Å². The lowest BCUT2D eigenvalue weighted by molar-refractivity contribution is 1.54. The van der Waals surface area contributed by atoms with Gasteiger partial charge in [0.25, 0.3) is 0 Å². The maximum Gasteiger partial charge on any atom is -0.00992 e. The molecule has 9 aromatic rings. The molecule has 0 saturated heterocycles. The summed E-state index contributed by atoms with van der Waals surface area (Å²) in [6, 6.07) is 80.2.